The molecule has 0 amide bonds. The van der Waals surface area contributed by atoms with Crippen molar-refractivity contribution in [3.05, 3.63) is 23.4 Å². The molecule has 0 aromatic carbocycles. The fourth-order valence-electron chi connectivity index (χ4n) is 1.86. The van der Waals surface area contributed by atoms with Crippen LogP contribution in [0.2, 0.25) is 0 Å². The van der Waals surface area contributed by atoms with Crippen LogP contribution in [0.25, 0.3) is 11.0 Å². The first kappa shape index (κ1) is 14.8. The quantitative estimate of drug-likeness (QED) is 0.847. The zero-order chi connectivity index (χ0) is 15.4. The van der Waals surface area contributed by atoms with E-state index in [9.17, 15) is 9.59 Å². The molecule has 0 radical (unpaired) electrons. The maximum atomic E-state index is 12.0. The first-order valence-electron chi connectivity index (χ1n) is 6.52. The Kier molecular flexibility index (Phi) is 4.42. The normalized spacial score (nSPS) is 10.4. The molecule has 7 heteroatoms. The highest BCUT2D eigenvalue weighted by Gasteiger charge is 2.23. The van der Waals surface area contributed by atoms with Crippen molar-refractivity contribution in [2.75, 3.05) is 20.3 Å². The summed E-state index contributed by atoms with van der Waals surface area (Å²) in [7, 11) is 1.50. The van der Waals surface area contributed by atoms with Gasteiger partial charge in [-0.1, -0.05) is 0 Å². The number of nitrogens with one attached hydrogen (secondary N) is 1. The molecule has 21 heavy (non-hydrogen) atoms. The van der Waals surface area contributed by atoms with E-state index in [0.717, 1.165) is 0 Å². The van der Waals surface area contributed by atoms with E-state index in [4.69, 9.17) is 14.2 Å². The first-order valence-corrected chi connectivity index (χ1v) is 6.52. The molecule has 0 saturated carbocycles. The summed E-state index contributed by atoms with van der Waals surface area (Å²) in [4.78, 5) is 31.0. The fraction of sp³-hybridized carbons (Fsp3) is 0.357. The number of carbonyl (C=O) groups is 2. The van der Waals surface area contributed by atoms with Crippen LogP contribution in [0, 0.1) is 0 Å². The van der Waals surface area contributed by atoms with Crippen LogP contribution in [-0.4, -0.2) is 42.2 Å². The van der Waals surface area contributed by atoms with Crippen LogP contribution in [0.5, 0.6) is 5.88 Å². The van der Waals surface area contributed by atoms with Crippen molar-refractivity contribution in [1.82, 2.24) is 9.97 Å². The van der Waals surface area contributed by atoms with Gasteiger partial charge in [0.2, 0.25) is 0 Å². The van der Waals surface area contributed by atoms with Crippen LogP contribution >= 0.6 is 0 Å². The molecule has 0 unspecified atom stereocenters. The molecule has 0 saturated heterocycles. The molecule has 0 aliphatic rings. The Balaban J connectivity index is 2.57. The summed E-state index contributed by atoms with van der Waals surface area (Å²) in [5.41, 5.74) is 0.430. The van der Waals surface area contributed by atoms with Gasteiger partial charge in [-0.15, -0.1) is 0 Å². The van der Waals surface area contributed by atoms with E-state index in [1.807, 2.05) is 0 Å². The van der Waals surface area contributed by atoms with Gasteiger partial charge in [0.25, 0.3) is 0 Å². The lowest BCUT2D eigenvalue weighted by atomic mass is 10.1. The summed E-state index contributed by atoms with van der Waals surface area (Å²) in [5.74, 6) is -0.806. The molecule has 0 fully saturated rings. The third kappa shape index (κ3) is 2.96. The molecule has 0 aliphatic carbocycles. The molecule has 0 bridgehead atoms. The molecule has 0 atom stereocenters. The Morgan fingerprint density at radius 3 is 2.43 bits per heavy atom. The SMILES string of the molecule is CCOC(=O)c1cc2cc(OC)[nH]c2nc1C(=O)OCC. The number of esters is 2. The number of carbonyl (C=O) groups excluding carboxylic acids is 2. The number of pyridine rings is 1. The second-order valence-electron chi connectivity index (χ2n) is 4.10. The summed E-state index contributed by atoms with van der Waals surface area (Å²) in [5, 5.41) is 0.642. The lowest BCUT2D eigenvalue weighted by Gasteiger charge is -2.07. The Hall–Kier alpha value is -2.57. The highest BCUT2D eigenvalue weighted by molar-refractivity contribution is 6.04. The number of aromatic nitrogens is 2. The average molecular weight is 292 g/mol. The minimum Gasteiger partial charge on any atom is -0.482 e. The summed E-state index contributed by atoms with van der Waals surface area (Å²) in [6.45, 7) is 3.76. The molecule has 0 spiro atoms. The molecule has 2 rings (SSSR count). The maximum absolute atomic E-state index is 12.0. The summed E-state index contributed by atoms with van der Waals surface area (Å²) < 4.78 is 14.9. The van der Waals surface area contributed by atoms with Crippen molar-refractivity contribution in [2.24, 2.45) is 0 Å². The average Bonchev–Trinajstić information content (AvgIpc) is 2.88. The molecule has 112 valence electrons. The van der Waals surface area contributed by atoms with E-state index >= 15 is 0 Å². The number of hydrogen-bond donors (Lipinski definition) is 1. The van der Waals surface area contributed by atoms with Crippen LogP contribution in [0.3, 0.4) is 0 Å². The molecule has 2 heterocycles. The zero-order valence-corrected chi connectivity index (χ0v) is 12.1. The van der Waals surface area contributed by atoms with E-state index in [-0.39, 0.29) is 24.5 Å². The van der Waals surface area contributed by atoms with Crippen LogP contribution in [-0.2, 0) is 9.47 Å². The second kappa shape index (κ2) is 6.25. The summed E-state index contributed by atoms with van der Waals surface area (Å²) in [6.07, 6.45) is 0. The molecular weight excluding hydrogens is 276 g/mol. The third-order valence-corrected chi connectivity index (χ3v) is 2.76. The van der Waals surface area contributed by atoms with Crippen LogP contribution < -0.4 is 4.74 Å². The minimum atomic E-state index is -0.670. The lowest BCUT2D eigenvalue weighted by Crippen LogP contribution is -2.16. The largest absolute Gasteiger partial charge is 0.482 e. The van der Waals surface area contributed by atoms with E-state index in [1.54, 1.807) is 19.9 Å². The monoisotopic (exact) mass is 292 g/mol. The predicted molar refractivity (Wildman–Crippen MR) is 74.6 cm³/mol. The number of ether oxygens (including phenoxy) is 3. The Morgan fingerprint density at radius 1 is 1.14 bits per heavy atom. The van der Waals surface area contributed by atoms with Crippen LogP contribution in [0.1, 0.15) is 34.7 Å². The molecular formula is C14H16N2O5. The van der Waals surface area contributed by atoms with Gasteiger partial charge in [0.15, 0.2) is 11.6 Å². The highest BCUT2D eigenvalue weighted by Crippen LogP contribution is 2.22. The fourth-order valence-corrected chi connectivity index (χ4v) is 1.86. The van der Waals surface area contributed by atoms with E-state index in [0.29, 0.717) is 16.9 Å². The van der Waals surface area contributed by atoms with Gasteiger partial charge in [0.1, 0.15) is 5.65 Å². The number of rotatable bonds is 5. The number of methoxy groups -OCH3 is 1. The van der Waals surface area contributed by atoms with E-state index in [2.05, 4.69) is 9.97 Å². The Bertz CT molecular complexity index is 622. The minimum absolute atomic E-state index is 0.0736. The van der Waals surface area contributed by atoms with Gasteiger partial charge >= 0.3 is 11.9 Å². The van der Waals surface area contributed by atoms with Gasteiger partial charge in [-0.3, -0.25) is 0 Å². The topological polar surface area (TPSA) is 90.5 Å². The molecule has 1 N–H and O–H groups in total. The van der Waals surface area contributed by atoms with Crippen molar-refractivity contribution in [2.45, 2.75) is 13.8 Å². The number of H-pyrrole nitrogens is 1. The predicted octanol–water partition coefficient (Wildman–Crippen LogP) is 1.92. The van der Waals surface area contributed by atoms with Crippen molar-refractivity contribution in [3.63, 3.8) is 0 Å². The Labute approximate surface area is 121 Å². The van der Waals surface area contributed by atoms with Gasteiger partial charge in [-0.25, -0.2) is 14.6 Å². The van der Waals surface area contributed by atoms with Gasteiger partial charge in [0.05, 0.1) is 25.9 Å². The van der Waals surface area contributed by atoms with Crippen molar-refractivity contribution in [3.8, 4) is 5.88 Å². The van der Waals surface area contributed by atoms with Crippen molar-refractivity contribution >= 4 is 23.0 Å². The number of aromatic amines is 1. The van der Waals surface area contributed by atoms with E-state index < -0.39 is 11.9 Å². The third-order valence-electron chi connectivity index (χ3n) is 2.76. The standard InChI is InChI=1S/C14H16N2O5/c1-4-20-13(17)9-6-8-7-10(19-3)15-12(8)16-11(9)14(18)21-5-2/h6-7H,4-5H2,1-3H3,(H,15,16). The van der Waals surface area contributed by atoms with Crippen LogP contribution in [0.4, 0.5) is 0 Å². The summed E-state index contributed by atoms with van der Waals surface area (Å²) >= 11 is 0. The van der Waals surface area contributed by atoms with Gasteiger partial charge in [0, 0.05) is 11.5 Å². The molecule has 7 nitrogen and oxygen atoms in total. The molecule has 2 aromatic rings. The van der Waals surface area contributed by atoms with Crippen molar-refractivity contribution < 1.29 is 23.8 Å². The van der Waals surface area contributed by atoms with Gasteiger partial charge < -0.3 is 19.2 Å². The zero-order valence-electron chi connectivity index (χ0n) is 12.1. The van der Waals surface area contributed by atoms with Gasteiger partial charge in [-0.05, 0) is 19.9 Å². The lowest BCUT2D eigenvalue weighted by molar-refractivity contribution is 0.0474. The number of hydrogen-bond acceptors (Lipinski definition) is 6. The van der Waals surface area contributed by atoms with Gasteiger partial charge in [-0.2, -0.15) is 0 Å². The number of fused-ring (bicyclic) bond motifs is 1. The number of nitrogens with zero attached hydrogens (tertiary/aromatic N) is 1. The molecule has 0 aliphatic heterocycles. The smallest absolute Gasteiger partial charge is 0.357 e. The second-order valence-corrected chi connectivity index (χ2v) is 4.10. The highest BCUT2D eigenvalue weighted by atomic mass is 16.5. The first-order chi connectivity index (χ1) is 10.1. The summed E-state index contributed by atoms with van der Waals surface area (Å²) in [6, 6.07) is 3.21. The molecule has 2 aromatic heterocycles. The van der Waals surface area contributed by atoms with Crippen molar-refractivity contribution in [1.29, 1.82) is 0 Å². The maximum Gasteiger partial charge on any atom is 0.357 e. The van der Waals surface area contributed by atoms with E-state index in [1.165, 1.54) is 13.2 Å². The van der Waals surface area contributed by atoms with Crippen LogP contribution in [0.15, 0.2) is 12.1 Å². The Morgan fingerprint density at radius 2 is 1.81 bits per heavy atom.